The summed E-state index contributed by atoms with van der Waals surface area (Å²) in [5.41, 5.74) is 4.66. The molecule has 4 rings (SSSR count). The van der Waals surface area contributed by atoms with Gasteiger partial charge in [-0.1, -0.05) is 12.1 Å². The summed E-state index contributed by atoms with van der Waals surface area (Å²) in [6.45, 7) is 0.794. The Balaban J connectivity index is 1.89. The van der Waals surface area contributed by atoms with E-state index in [-0.39, 0.29) is 0 Å². The van der Waals surface area contributed by atoms with Gasteiger partial charge in [0.2, 0.25) is 0 Å². The highest BCUT2D eigenvalue weighted by atomic mass is 16.5. The molecule has 1 N–H and O–H groups in total. The van der Waals surface area contributed by atoms with Gasteiger partial charge in [0.15, 0.2) is 17.6 Å². The summed E-state index contributed by atoms with van der Waals surface area (Å²) in [6.07, 6.45) is 4.95. The molecule has 1 atom stereocenters. The first-order valence-corrected chi connectivity index (χ1v) is 7.66. The third-order valence-electron chi connectivity index (χ3n) is 4.54. The molecule has 23 heavy (non-hydrogen) atoms. The van der Waals surface area contributed by atoms with E-state index in [2.05, 4.69) is 6.07 Å². The fourth-order valence-corrected chi connectivity index (χ4v) is 3.39. The molecule has 0 aromatic heterocycles. The lowest BCUT2D eigenvalue weighted by Gasteiger charge is -2.25. The Labute approximate surface area is 134 Å². The molecule has 2 heterocycles. The summed E-state index contributed by atoms with van der Waals surface area (Å²) in [4.78, 5) is 4.71. The lowest BCUT2D eigenvalue weighted by atomic mass is 9.90. The van der Waals surface area contributed by atoms with Gasteiger partial charge in [-0.15, -0.1) is 0 Å². The number of nitrogens with one attached hydrogen (secondary N) is 1. The second kappa shape index (κ2) is 5.26. The van der Waals surface area contributed by atoms with Gasteiger partial charge in [-0.2, -0.15) is 0 Å². The van der Waals surface area contributed by atoms with Gasteiger partial charge in [0, 0.05) is 18.5 Å². The van der Waals surface area contributed by atoms with Crippen molar-refractivity contribution in [3.8, 4) is 11.5 Å². The molecule has 0 fully saturated rings. The van der Waals surface area contributed by atoms with E-state index in [4.69, 9.17) is 24.6 Å². The summed E-state index contributed by atoms with van der Waals surface area (Å²) in [7, 11) is 3.21. The van der Waals surface area contributed by atoms with Crippen LogP contribution in [-0.4, -0.2) is 38.3 Å². The lowest BCUT2D eigenvalue weighted by Crippen LogP contribution is -2.32. The molecule has 0 bridgehead atoms. The molecule has 118 valence electrons. The van der Waals surface area contributed by atoms with Crippen LogP contribution in [-0.2, 0) is 11.2 Å². The summed E-state index contributed by atoms with van der Waals surface area (Å²) in [5, 5.41) is 8.39. The number of nitrogens with zero attached hydrogens (tertiary/aromatic N) is 1. The van der Waals surface area contributed by atoms with Crippen molar-refractivity contribution < 1.29 is 14.2 Å². The fraction of sp³-hybridized carbons (Fsp3) is 0.333. The van der Waals surface area contributed by atoms with Crippen LogP contribution in [0.3, 0.4) is 0 Å². The van der Waals surface area contributed by atoms with E-state index in [9.17, 15) is 0 Å². The summed E-state index contributed by atoms with van der Waals surface area (Å²) >= 11 is 0. The first kappa shape index (κ1) is 14.1. The summed E-state index contributed by atoms with van der Waals surface area (Å²) in [5.74, 6) is 1.91. The third kappa shape index (κ3) is 2.07. The van der Waals surface area contributed by atoms with Crippen LogP contribution in [0.5, 0.6) is 11.5 Å². The monoisotopic (exact) mass is 310 g/mol. The number of methoxy groups -OCH3 is 2. The van der Waals surface area contributed by atoms with E-state index in [0.717, 1.165) is 29.8 Å². The van der Waals surface area contributed by atoms with Gasteiger partial charge in [-0.3, -0.25) is 10.4 Å². The molecule has 0 spiro atoms. The summed E-state index contributed by atoms with van der Waals surface area (Å²) in [6, 6.07) is 4.02. The van der Waals surface area contributed by atoms with Gasteiger partial charge >= 0.3 is 0 Å². The van der Waals surface area contributed by atoms with Gasteiger partial charge in [0.1, 0.15) is 11.5 Å². The number of fused-ring (bicyclic) bond motifs is 1. The molecule has 3 aliphatic rings. The van der Waals surface area contributed by atoms with E-state index in [0.29, 0.717) is 29.4 Å². The molecule has 0 amide bonds. The van der Waals surface area contributed by atoms with Crippen molar-refractivity contribution >= 4 is 11.4 Å². The molecule has 1 aliphatic carbocycles. The largest absolute Gasteiger partial charge is 0.495 e. The zero-order valence-corrected chi connectivity index (χ0v) is 13.2. The molecule has 5 heteroatoms. The number of ether oxygens (including phenoxy) is 3. The maximum absolute atomic E-state index is 8.39. The van der Waals surface area contributed by atoms with E-state index in [1.165, 1.54) is 5.56 Å². The molecule has 1 aromatic carbocycles. The quantitative estimate of drug-likeness (QED) is 0.913. The molecular formula is C18H18N2O3. The molecule has 1 aromatic rings. The minimum atomic E-state index is -0.455. The number of rotatable bonds is 2. The number of hydrogen-bond donors (Lipinski definition) is 1. The molecule has 0 unspecified atom stereocenters. The zero-order valence-electron chi connectivity index (χ0n) is 13.2. The Hall–Kier alpha value is -2.56. The standard InChI is InChI=1S/C18H18N2O3/c1-21-13-5-4-11-9-12-15-10(7-8-20-12)3-6-14(22-2)18(15)23-17(11)16(13)19/h3-6,17,19H,7-9H2,1-2H3/t17-/m0/s1. The predicted molar refractivity (Wildman–Crippen MR) is 88.0 cm³/mol. The first-order valence-electron chi connectivity index (χ1n) is 7.66. The normalized spacial score (nSPS) is 21.7. The van der Waals surface area contributed by atoms with Crippen molar-refractivity contribution in [1.29, 1.82) is 5.41 Å². The average Bonchev–Trinajstić information content (AvgIpc) is 2.75. The minimum absolute atomic E-state index is 0.337. The van der Waals surface area contributed by atoms with Gasteiger partial charge in [-0.05, 0) is 29.7 Å². The fourth-order valence-electron chi connectivity index (χ4n) is 3.39. The Morgan fingerprint density at radius 2 is 2.09 bits per heavy atom. The first-order chi connectivity index (χ1) is 11.2. The third-order valence-corrected chi connectivity index (χ3v) is 4.54. The van der Waals surface area contributed by atoms with Crippen molar-refractivity contribution in [2.24, 2.45) is 4.99 Å². The second-order valence-corrected chi connectivity index (χ2v) is 5.77. The van der Waals surface area contributed by atoms with Crippen LogP contribution in [0.15, 0.2) is 40.6 Å². The SMILES string of the molecule is COC1=CC=C2CC3=NCCc4ccc(OC)c(c43)O[C@@H]2C1=N. The number of benzene rings is 1. The Morgan fingerprint density at radius 1 is 1.22 bits per heavy atom. The van der Waals surface area contributed by atoms with E-state index in [1.807, 2.05) is 18.2 Å². The van der Waals surface area contributed by atoms with Crippen molar-refractivity contribution in [3.05, 3.63) is 46.7 Å². The molecule has 2 aliphatic heterocycles. The lowest BCUT2D eigenvalue weighted by molar-refractivity contribution is 0.262. The van der Waals surface area contributed by atoms with E-state index in [1.54, 1.807) is 14.2 Å². The number of aliphatic imine (C=N–C) groups is 1. The molecule has 5 nitrogen and oxygen atoms in total. The maximum Gasteiger partial charge on any atom is 0.172 e. The molecule has 0 saturated heterocycles. The van der Waals surface area contributed by atoms with Crippen molar-refractivity contribution in [2.45, 2.75) is 18.9 Å². The van der Waals surface area contributed by atoms with Crippen LogP contribution in [0, 0.1) is 5.41 Å². The van der Waals surface area contributed by atoms with Crippen molar-refractivity contribution in [1.82, 2.24) is 0 Å². The zero-order chi connectivity index (χ0) is 16.0. The number of allylic oxidation sites excluding steroid dienone is 2. The maximum atomic E-state index is 8.39. The van der Waals surface area contributed by atoms with Gasteiger partial charge < -0.3 is 14.2 Å². The Kier molecular flexibility index (Phi) is 3.22. The van der Waals surface area contributed by atoms with Crippen LogP contribution < -0.4 is 9.47 Å². The molecule has 0 radical (unpaired) electrons. The van der Waals surface area contributed by atoms with Crippen molar-refractivity contribution in [3.63, 3.8) is 0 Å². The Morgan fingerprint density at radius 3 is 2.87 bits per heavy atom. The Bertz CT molecular complexity index is 790. The highest BCUT2D eigenvalue weighted by molar-refractivity contribution is 6.10. The van der Waals surface area contributed by atoms with E-state index >= 15 is 0 Å². The van der Waals surface area contributed by atoms with Crippen LogP contribution in [0.25, 0.3) is 0 Å². The minimum Gasteiger partial charge on any atom is -0.495 e. The van der Waals surface area contributed by atoms with Gasteiger partial charge in [0.05, 0.1) is 19.9 Å². The van der Waals surface area contributed by atoms with Gasteiger partial charge in [0.25, 0.3) is 0 Å². The summed E-state index contributed by atoms with van der Waals surface area (Å²) < 4.78 is 17.0. The van der Waals surface area contributed by atoms with Crippen LogP contribution in [0.4, 0.5) is 0 Å². The average molecular weight is 310 g/mol. The molecular weight excluding hydrogens is 292 g/mol. The highest BCUT2D eigenvalue weighted by Gasteiger charge is 2.36. The topological polar surface area (TPSA) is 63.9 Å². The van der Waals surface area contributed by atoms with Crippen LogP contribution in [0.1, 0.15) is 17.5 Å². The smallest absolute Gasteiger partial charge is 0.172 e. The van der Waals surface area contributed by atoms with E-state index < -0.39 is 6.10 Å². The number of hydrogen-bond acceptors (Lipinski definition) is 5. The second-order valence-electron chi connectivity index (χ2n) is 5.77. The highest BCUT2D eigenvalue weighted by Crippen LogP contribution is 2.42. The molecule has 0 saturated carbocycles. The predicted octanol–water partition coefficient (Wildman–Crippen LogP) is 2.68. The van der Waals surface area contributed by atoms with Crippen molar-refractivity contribution in [2.75, 3.05) is 20.8 Å². The van der Waals surface area contributed by atoms with Crippen LogP contribution >= 0.6 is 0 Å². The van der Waals surface area contributed by atoms with Crippen LogP contribution in [0.2, 0.25) is 0 Å². The van der Waals surface area contributed by atoms with Gasteiger partial charge in [-0.25, -0.2) is 0 Å².